The number of ether oxygens (including phenoxy) is 1. The number of aliphatic hydroxyl groups excluding tert-OH is 1. The van der Waals surface area contributed by atoms with Gasteiger partial charge >= 0.3 is 6.03 Å². The largest absolute Gasteiger partial charge is 0.497 e. The molecule has 22 heavy (non-hydrogen) atoms. The van der Waals surface area contributed by atoms with Crippen molar-refractivity contribution < 1.29 is 14.6 Å². The van der Waals surface area contributed by atoms with E-state index < -0.39 is 12.1 Å². The van der Waals surface area contributed by atoms with Crippen molar-refractivity contribution in [1.82, 2.24) is 5.32 Å². The van der Waals surface area contributed by atoms with Gasteiger partial charge in [-0.15, -0.1) is 0 Å². The van der Waals surface area contributed by atoms with Gasteiger partial charge in [-0.1, -0.05) is 29.8 Å². The monoisotopic (exact) mass is 320 g/mol. The van der Waals surface area contributed by atoms with E-state index in [-0.39, 0.29) is 6.54 Å². The summed E-state index contributed by atoms with van der Waals surface area (Å²) < 4.78 is 5.05. The molecule has 0 radical (unpaired) electrons. The van der Waals surface area contributed by atoms with Crippen LogP contribution in [-0.4, -0.2) is 24.8 Å². The van der Waals surface area contributed by atoms with Crippen molar-refractivity contribution in [1.29, 1.82) is 0 Å². The number of nitrogens with one attached hydrogen (secondary N) is 2. The molecule has 0 aliphatic rings. The minimum Gasteiger partial charge on any atom is -0.497 e. The lowest BCUT2D eigenvalue weighted by atomic mass is 10.1. The number of amides is 2. The Morgan fingerprint density at radius 3 is 2.64 bits per heavy atom. The fourth-order valence-corrected chi connectivity index (χ4v) is 2.07. The van der Waals surface area contributed by atoms with Crippen molar-refractivity contribution in [3.8, 4) is 5.75 Å². The summed E-state index contributed by atoms with van der Waals surface area (Å²) in [7, 11) is 1.58. The molecule has 0 bridgehead atoms. The molecule has 5 nitrogen and oxygen atoms in total. The van der Waals surface area contributed by atoms with Gasteiger partial charge in [0.25, 0.3) is 0 Å². The second kappa shape index (κ2) is 7.68. The zero-order chi connectivity index (χ0) is 15.9. The van der Waals surface area contributed by atoms with E-state index in [1.807, 2.05) is 0 Å². The molecule has 0 aromatic heterocycles. The highest BCUT2D eigenvalue weighted by Crippen LogP contribution is 2.17. The number of methoxy groups -OCH3 is 1. The van der Waals surface area contributed by atoms with Crippen LogP contribution in [-0.2, 0) is 0 Å². The molecular formula is C16H17ClN2O3. The van der Waals surface area contributed by atoms with Crippen LogP contribution >= 0.6 is 11.6 Å². The van der Waals surface area contributed by atoms with Gasteiger partial charge in [-0.05, 0) is 35.9 Å². The fraction of sp³-hybridized carbons (Fsp3) is 0.188. The molecule has 0 aliphatic carbocycles. The number of anilines is 1. The van der Waals surface area contributed by atoms with Crippen LogP contribution in [0.3, 0.4) is 0 Å². The van der Waals surface area contributed by atoms with Crippen molar-refractivity contribution in [3.63, 3.8) is 0 Å². The summed E-state index contributed by atoms with van der Waals surface area (Å²) in [5.41, 5.74) is 1.28. The molecule has 1 unspecified atom stereocenters. The summed E-state index contributed by atoms with van der Waals surface area (Å²) in [5.74, 6) is 0.711. The van der Waals surface area contributed by atoms with Crippen LogP contribution in [0.25, 0.3) is 0 Å². The molecule has 6 heteroatoms. The van der Waals surface area contributed by atoms with Gasteiger partial charge in [-0.2, -0.15) is 0 Å². The molecule has 2 aromatic carbocycles. The molecular weight excluding hydrogens is 304 g/mol. The van der Waals surface area contributed by atoms with Crippen molar-refractivity contribution in [2.45, 2.75) is 6.10 Å². The number of hydrogen-bond acceptors (Lipinski definition) is 3. The molecule has 0 spiro atoms. The first-order valence-electron chi connectivity index (χ1n) is 6.71. The first kappa shape index (κ1) is 16.1. The summed E-state index contributed by atoms with van der Waals surface area (Å²) in [5, 5.41) is 15.8. The molecule has 0 saturated carbocycles. The molecule has 0 saturated heterocycles. The predicted octanol–water partition coefficient (Wildman–Crippen LogP) is 3.20. The zero-order valence-corrected chi connectivity index (χ0v) is 12.8. The lowest BCUT2D eigenvalue weighted by Gasteiger charge is -2.13. The molecule has 2 rings (SSSR count). The Morgan fingerprint density at radius 2 is 2.00 bits per heavy atom. The average molecular weight is 321 g/mol. The quantitative estimate of drug-likeness (QED) is 0.792. The third kappa shape index (κ3) is 4.65. The normalized spacial score (nSPS) is 11.6. The van der Waals surface area contributed by atoms with E-state index in [4.69, 9.17) is 16.3 Å². The second-order valence-electron chi connectivity index (χ2n) is 4.63. The maximum Gasteiger partial charge on any atom is 0.319 e. The number of carbonyl (C=O) groups excluding carboxylic acids is 1. The van der Waals surface area contributed by atoms with Gasteiger partial charge in [-0.3, -0.25) is 0 Å². The van der Waals surface area contributed by atoms with E-state index >= 15 is 0 Å². The van der Waals surface area contributed by atoms with Gasteiger partial charge in [-0.25, -0.2) is 4.79 Å². The van der Waals surface area contributed by atoms with E-state index in [2.05, 4.69) is 10.6 Å². The number of rotatable bonds is 5. The minimum absolute atomic E-state index is 0.0960. The van der Waals surface area contributed by atoms with Crippen LogP contribution in [0.15, 0.2) is 48.5 Å². The van der Waals surface area contributed by atoms with E-state index in [0.29, 0.717) is 22.0 Å². The molecule has 2 amide bonds. The van der Waals surface area contributed by atoms with Crippen LogP contribution in [0.1, 0.15) is 11.7 Å². The SMILES string of the molecule is COc1ccc(C(O)CNC(=O)Nc2cccc(Cl)c2)cc1. The Balaban J connectivity index is 1.84. The predicted molar refractivity (Wildman–Crippen MR) is 86.4 cm³/mol. The number of benzene rings is 2. The number of hydrogen-bond donors (Lipinski definition) is 3. The molecule has 116 valence electrons. The van der Waals surface area contributed by atoms with Crippen LogP contribution in [0.4, 0.5) is 10.5 Å². The summed E-state index contributed by atoms with van der Waals surface area (Å²) >= 11 is 5.84. The summed E-state index contributed by atoms with van der Waals surface area (Å²) in [4.78, 5) is 11.8. The smallest absolute Gasteiger partial charge is 0.319 e. The van der Waals surface area contributed by atoms with Gasteiger partial charge in [0.15, 0.2) is 0 Å². The topological polar surface area (TPSA) is 70.6 Å². The summed E-state index contributed by atoms with van der Waals surface area (Å²) in [6, 6.07) is 13.4. The highest BCUT2D eigenvalue weighted by molar-refractivity contribution is 6.30. The third-order valence-corrected chi connectivity index (χ3v) is 3.27. The number of urea groups is 1. The number of carbonyl (C=O) groups is 1. The van der Waals surface area contributed by atoms with Gasteiger partial charge in [0.2, 0.25) is 0 Å². The first-order chi connectivity index (χ1) is 10.6. The fourth-order valence-electron chi connectivity index (χ4n) is 1.87. The van der Waals surface area contributed by atoms with E-state index in [0.717, 1.165) is 0 Å². The molecule has 0 aliphatic heterocycles. The van der Waals surface area contributed by atoms with Crippen LogP contribution in [0.2, 0.25) is 5.02 Å². The Labute approximate surface area is 133 Å². The molecule has 1 atom stereocenters. The highest BCUT2D eigenvalue weighted by atomic mass is 35.5. The van der Waals surface area contributed by atoms with Crippen molar-refractivity contribution in [3.05, 3.63) is 59.1 Å². The average Bonchev–Trinajstić information content (AvgIpc) is 2.52. The number of aliphatic hydroxyl groups is 1. The van der Waals surface area contributed by atoms with E-state index in [1.54, 1.807) is 55.6 Å². The van der Waals surface area contributed by atoms with Gasteiger partial charge in [0, 0.05) is 17.3 Å². The van der Waals surface area contributed by atoms with E-state index in [9.17, 15) is 9.90 Å². The van der Waals surface area contributed by atoms with Crippen molar-refractivity contribution in [2.75, 3.05) is 19.0 Å². The minimum atomic E-state index is -0.795. The Kier molecular flexibility index (Phi) is 5.63. The highest BCUT2D eigenvalue weighted by Gasteiger charge is 2.10. The van der Waals surface area contributed by atoms with Crippen LogP contribution in [0.5, 0.6) is 5.75 Å². The Morgan fingerprint density at radius 1 is 1.27 bits per heavy atom. The molecule has 0 heterocycles. The summed E-state index contributed by atoms with van der Waals surface area (Å²) in [6.07, 6.45) is -0.795. The van der Waals surface area contributed by atoms with Crippen LogP contribution in [0, 0.1) is 0 Å². The Bertz CT molecular complexity index is 632. The zero-order valence-electron chi connectivity index (χ0n) is 12.0. The lowest BCUT2D eigenvalue weighted by Crippen LogP contribution is -2.32. The standard InChI is InChI=1S/C16H17ClN2O3/c1-22-14-7-5-11(6-8-14)15(20)10-18-16(21)19-13-4-2-3-12(17)9-13/h2-9,15,20H,10H2,1H3,(H2,18,19,21). The summed E-state index contributed by atoms with van der Waals surface area (Å²) in [6.45, 7) is 0.0960. The van der Waals surface area contributed by atoms with Gasteiger partial charge in [0.1, 0.15) is 5.75 Å². The van der Waals surface area contributed by atoms with Crippen molar-refractivity contribution >= 4 is 23.3 Å². The first-order valence-corrected chi connectivity index (χ1v) is 7.08. The second-order valence-corrected chi connectivity index (χ2v) is 5.07. The molecule has 3 N–H and O–H groups in total. The van der Waals surface area contributed by atoms with Gasteiger partial charge in [0.05, 0.1) is 13.2 Å². The van der Waals surface area contributed by atoms with E-state index in [1.165, 1.54) is 0 Å². The number of halogens is 1. The van der Waals surface area contributed by atoms with Gasteiger partial charge < -0.3 is 20.5 Å². The third-order valence-electron chi connectivity index (χ3n) is 3.04. The maximum absolute atomic E-state index is 11.8. The molecule has 0 fully saturated rings. The Hall–Kier alpha value is -2.24. The van der Waals surface area contributed by atoms with Crippen LogP contribution < -0.4 is 15.4 Å². The lowest BCUT2D eigenvalue weighted by molar-refractivity contribution is 0.175. The van der Waals surface area contributed by atoms with Crippen molar-refractivity contribution in [2.24, 2.45) is 0 Å². The maximum atomic E-state index is 11.8. The molecule has 2 aromatic rings.